The molecule has 0 atom stereocenters. The van der Waals surface area contributed by atoms with Crippen molar-refractivity contribution in [2.75, 3.05) is 25.1 Å². The number of amides is 1. The van der Waals surface area contributed by atoms with Gasteiger partial charge >= 0.3 is 0 Å². The molecule has 8 heteroatoms. The van der Waals surface area contributed by atoms with Crippen molar-refractivity contribution in [3.63, 3.8) is 0 Å². The summed E-state index contributed by atoms with van der Waals surface area (Å²) in [5.74, 6) is 2.33. The summed E-state index contributed by atoms with van der Waals surface area (Å²) in [6.07, 6.45) is 5.90. The number of hydrogen-bond acceptors (Lipinski definition) is 4. The van der Waals surface area contributed by atoms with Crippen molar-refractivity contribution < 1.29 is 9.53 Å². The lowest BCUT2D eigenvalue weighted by atomic mass is 10.2. The van der Waals surface area contributed by atoms with E-state index in [4.69, 9.17) is 4.74 Å². The highest BCUT2D eigenvalue weighted by Crippen LogP contribution is 2.29. The van der Waals surface area contributed by atoms with Gasteiger partial charge in [0, 0.05) is 51.1 Å². The Morgan fingerprint density at radius 3 is 2.55 bits per heavy atom. The van der Waals surface area contributed by atoms with Crippen molar-refractivity contribution in [2.45, 2.75) is 38.8 Å². The number of pyridine rings is 1. The summed E-state index contributed by atoms with van der Waals surface area (Å²) in [6.45, 7) is 2.87. The van der Waals surface area contributed by atoms with E-state index in [1.165, 1.54) is 12.8 Å². The third-order valence-electron chi connectivity index (χ3n) is 5.43. The van der Waals surface area contributed by atoms with Crippen LogP contribution in [-0.4, -0.2) is 37.1 Å². The molecule has 1 saturated heterocycles. The van der Waals surface area contributed by atoms with E-state index in [1.807, 2.05) is 41.3 Å². The Morgan fingerprint density at radius 1 is 1.16 bits per heavy atom. The van der Waals surface area contributed by atoms with Crippen LogP contribution < -0.4 is 20.3 Å². The Hall–Kier alpha value is -2.36. The van der Waals surface area contributed by atoms with Crippen LogP contribution in [0.1, 0.15) is 36.8 Å². The first-order valence-corrected chi connectivity index (χ1v) is 10.6. The van der Waals surface area contributed by atoms with E-state index in [1.54, 1.807) is 13.2 Å². The minimum absolute atomic E-state index is 0. The molecule has 0 radical (unpaired) electrons. The topological polar surface area (TPSA) is 78.9 Å². The zero-order chi connectivity index (χ0) is 20.8. The monoisotopic (exact) mass is 535 g/mol. The van der Waals surface area contributed by atoms with Crippen LogP contribution in [0, 0.1) is 5.92 Å². The molecule has 4 rings (SSSR count). The minimum atomic E-state index is 0. The third-order valence-corrected chi connectivity index (χ3v) is 5.43. The molecule has 0 bridgehead atoms. The van der Waals surface area contributed by atoms with Gasteiger partial charge in [-0.15, -0.1) is 24.0 Å². The second-order valence-electron chi connectivity index (χ2n) is 7.85. The number of aliphatic imine (C=N–C) groups is 1. The van der Waals surface area contributed by atoms with Crippen molar-refractivity contribution in [3.05, 3.63) is 53.7 Å². The Labute approximate surface area is 200 Å². The van der Waals surface area contributed by atoms with Gasteiger partial charge in [-0.3, -0.25) is 9.79 Å². The minimum Gasteiger partial charge on any atom is -0.477 e. The van der Waals surface area contributed by atoms with Crippen LogP contribution in [0.4, 0.5) is 5.69 Å². The van der Waals surface area contributed by atoms with Gasteiger partial charge in [0.05, 0.1) is 6.61 Å². The lowest BCUT2D eigenvalue weighted by Crippen LogP contribution is -2.36. The summed E-state index contributed by atoms with van der Waals surface area (Å²) >= 11 is 0. The lowest BCUT2D eigenvalue weighted by Gasteiger charge is -2.16. The second-order valence-corrected chi connectivity index (χ2v) is 7.85. The van der Waals surface area contributed by atoms with Crippen molar-refractivity contribution in [2.24, 2.45) is 10.9 Å². The number of rotatable bonds is 8. The molecule has 2 aromatic rings. The maximum absolute atomic E-state index is 11.9. The van der Waals surface area contributed by atoms with Gasteiger partial charge in [0.1, 0.15) is 0 Å². The smallest absolute Gasteiger partial charge is 0.227 e. The van der Waals surface area contributed by atoms with Crippen molar-refractivity contribution in [3.8, 4) is 5.88 Å². The fourth-order valence-corrected chi connectivity index (χ4v) is 3.43. The first-order valence-electron chi connectivity index (χ1n) is 10.6. The number of hydrogen-bond donors (Lipinski definition) is 2. The SMILES string of the molecule is CN=C(NCc1ccc(N2CCCC2=O)cc1)NCc1ccnc(OCC2CC2)c1.I. The number of ether oxygens (including phenoxy) is 1. The molecular formula is C23H30IN5O2. The number of aromatic nitrogens is 1. The van der Waals surface area contributed by atoms with E-state index in [-0.39, 0.29) is 29.9 Å². The fourth-order valence-electron chi connectivity index (χ4n) is 3.43. The highest BCUT2D eigenvalue weighted by atomic mass is 127. The predicted octanol–water partition coefficient (Wildman–Crippen LogP) is 3.48. The zero-order valence-corrected chi connectivity index (χ0v) is 20.2. The van der Waals surface area contributed by atoms with Gasteiger partial charge in [-0.2, -0.15) is 0 Å². The fraction of sp³-hybridized carbons (Fsp3) is 0.435. The first-order chi connectivity index (χ1) is 14.7. The molecule has 2 heterocycles. The average molecular weight is 535 g/mol. The Bertz CT molecular complexity index is 899. The van der Waals surface area contributed by atoms with Crippen LogP contribution in [0.25, 0.3) is 0 Å². The molecule has 2 aliphatic rings. The summed E-state index contributed by atoms with van der Waals surface area (Å²) in [5, 5.41) is 6.65. The number of guanidine groups is 1. The average Bonchev–Trinajstić information content (AvgIpc) is 3.52. The Kier molecular flexibility index (Phi) is 8.51. The highest BCUT2D eigenvalue weighted by molar-refractivity contribution is 14.0. The van der Waals surface area contributed by atoms with E-state index in [0.29, 0.717) is 31.3 Å². The maximum Gasteiger partial charge on any atom is 0.227 e. The molecule has 2 N–H and O–H groups in total. The molecule has 1 amide bonds. The summed E-state index contributed by atoms with van der Waals surface area (Å²) in [6, 6.07) is 12.1. The third kappa shape index (κ3) is 6.81. The normalized spacial score (nSPS) is 16.1. The summed E-state index contributed by atoms with van der Waals surface area (Å²) in [4.78, 5) is 22.3. The number of anilines is 1. The van der Waals surface area contributed by atoms with Crippen LogP contribution in [-0.2, 0) is 17.9 Å². The van der Waals surface area contributed by atoms with Crippen LogP contribution in [0.2, 0.25) is 0 Å². The number of halogens is 1. The quantitative estimate of drug-likeness (QED) is 0.308. The Morgan fingerprint density at radius 2 is 1.90 bits per heavy atom. The highest BCUT2D eigenvalue weighted by Gasteiger charge is 2.22. The number of benzene rings is 1. The van der Waals surface area contributed by atoms with Gasteiger partial charge in [-0.25, -0.2) is 4.98 Å². The van der Waals surface area contributed by atoms with Crippen molar-refractivity contribution in [1.29, 1.82) is 0 Å². The van der Waals surface area contributed by atoms with E-state index >= 15 is 0 Å². The molecule has 31 heavy (non-hydrogen) atoms. The Balaban J connectivity index is 0.00000272. The van der Waals surface area contributed by atoms with Crippen LogP contribution in [0.3, 0.4) is 0 Å². The first kappa shape index (κ1) is 23.3. The zero-order valence-electron chi connectivity index (χ0n) is 17.8. The molecule has 166 valence electrons. The maximum atomic E-state index is 11.9. The van der Waals surface area contributed by atoms with Crippen LogP contribution in [0.15, 0.2) is 47.6 Å². The molecular weight excluding hydrogens is 505 g/mol. The standard InChI is InChI=1S/C23H29N5O2.HI/c1-24-23(27-15-19-10-11-25-21(13-19)30-16-18-4-5-18)26-14-17-6-8-20(9-7-17)28-12-2-3-22(28)29;/h6-11,13,18H,2-5,12,14-16H2,1H3,(H2,24,26,27);1H. The van der Waals surface area contributed by atoms with Crippen molar-refractivity contribution >= 4 is 41.5 Å². The van der Waals surface area contributed by atoms with E-state index in [2.05, 4.69) is 20.6 Å². The van der Waals surface area contributed by atoms with Gasteiger partial charge in [-0.05, 0) is 54.5 Å². The van der Waals surface area contributed by atoms with Crippen LogP contribution >= 0.6 is 24.0 Å². The molecule has 1 aromatic carbocycles. The number of nitrogens with zero attached hydrogens (tertiary/aromatic N) is 3. The summed E-state index contributed by atoms with van der Waals surface area (Å²) in [5.41, 5.74) is 3.20. The molecule has 1 aliphatic carbocycles. The van der Waals surface area contributed by atoms with Gasteiger partial charge in [0.15, 0.2) is 5.96 Å². The molecule has 1 aromatic heterocycles. The number of carbonyl (C=O) groups is 1. The van der Waals surface area contributed by atoms with Gasteiger partial charge in [0.25, 0.3) is 0 Å². The molecule has 2 fully saturated rings. The van der Waals surface area contributed by atoms with E-state index in [0.717, 1.165) is 42.3 Å². The van der Waals surface area contributed by atoms with Crippen molar-refractivity contribution in [1.82, 2.24) is 15.6 Å². The summed E-state index contributed by atoms with van der Waals surface area (Å²) in [7, 11) is 1.76. The molecule has 7 nitrogen and oxygen atoms in total. The van der Waals surface area contributed by atoms with Crippen LogP contribution in [0.5, 0.6) is 5.88 Å². The molecule has 1 aliphatic heterocycles. The van der Waals surface area contributed by atoms with E-state index in [9.17, 15) is 4.79 Å². The number of carbonyl (C=O) groups excluding carboxylic acids is 1. The second kappa shape index (κ2) is 11.3. The molecule has 0 unspecified atom stereocenters. The van der Waals surface area contributed by atoms with Gasteiger partial charge < -0.3 is 20.3 Å². The summed E-state index contributed by atoms with van der Waals surface area (Å²) < 4.78 is 5.75. The molecule has 0 spiro atoms. The number of nitrogens with one attached hydrogen (secondary N) is 2. The lowest BCUT2D eigenvalue weighted by molar-refractivity contribution is -0.117. The van der Waals surface area contributed by atoms with Gasteiger partial charge in [-0.1, -0.05) is 12.1 Å². The van der Waals surface area contributed by atoms with E-state index < -0.39 is 0 Å². The predicted molar refractivity (Wildman–Crippen MR) is 133 cm³/mol. The van der Waals surface area contributed by atoms with Gasteiger partial charge in [0.2, 0.25) is 11.8 Å². The molecule has 1 saturated carbocycles. The largest absolute Gasteiger partial charge is 0.477 e.